The second-order valence-corrected chi connectivity index (χ2v) is 8.16. The van der Waals surface area contributed by atoms with Crippen LogP contribution >= 0.6 is 0 Å². The van der Waals surface area contributed by atoms with Crippen LogP contribution in [-0.2, 0) is 6.42 Å². The molecule has 2 N–H and O–H groups in total. The molecule has 2 amide bonds. The molecule has 0 aliphatic rings. The molecular formula is C27H25F3N4O3. The number of para-hydroxylation sites is 3. The highest BCUT2D eigenvalue weighted by Crippen LogP contribution is 2.32. The van der Waals surface area contributed by atoms with Gasteiger partial charge in [0.15, 0.2) is 5.75 Å². The molecule has 3 aromatic carbocycles. The van der Waals surface area contributed by atoms with Crippen LogP contribution in [-0.4, -0.2) is 22.2 Å². The first kappa shape index (κ1) is 25.6. The van der Waals surface area contributed by atoms with E-state index < -0.39 is 12.4 Å². The smallest absolute Gasteiger partial charge is 0.437 e. The molecule has 0 aliphatic heterocycles. The van der Waals surface area contributed by atoms with Crippen molar-refractivity contribution in [2.75, 3.05) is 10.6 Å². The number of nitrogens with one attached hydrogen (secondary N) is 2. The average molecular weight is 511 g/mol. The zero-order chi connectivity index (χ0) is 26.4. The molecule has 7 nitrogen and oxygen atoms in total. The third kappa shape index (κ3) is 6.81. The van der Waals surface area contributed by atoms with Gasteiger partial charge in [0.1, 0.15) is 5.75 Å². The maximum absolute atomic E-state index is 12.6. The van der Waals surface area contributed by atoms with Crippen LogP contribution in [0.1, 0.15) is 24.6 Å². The molecule has 0 atom stereocenters. The van der Waals surface area contributed by atoms with Gasteiger partial charge in [-0.3, -0.25) is 0 Å². The summed E-state index contributed by atoms with van der Waals surface area (Å²) in [7, 11) is 0. The van der Waals surface area contributed by atoms with E-state index in [0.717, 1.165) is 41.9 Å². The van der Waals surface area contributed by atoms with E-state index in [1.54, 1.807) is 28.9 Å². The number of alkyl halides is 3. The highest BCUT2D eigenvalue weighted by Gasteiger charge is 2.31. The Morgan fingerprint density at radius 3 is 2.41 bits per heavy atom. The molecule has 0 saturated carbocycles. The number of aryl methyl sites for hydroxylation is 2. The number of ether oxygens (including phenoxy) is 2. The molecular weight excluding hydrogens is 485 g/mol. The van der Waals surface area contributed by atoms with Crippen molar-refractivity contribution in [2.24, 2.45) is 0 Å². The Hall–Kier alpha value is -4.47. The van der Waals surface area contributed by atoms with Crippen LogP contribution < -0.4 is 20.1 Å². The van der Waals surface area contributed by atoms with Crippen LogP contribution in [0.25, 0.3) is 5.69 Å². The Morgan fingerprint density at radius 1 is 0.973 bits per heavy atom. The lowest BCUT2D eigenvalue weighted by molar-refractivity contribution is -0.274. The molecule has 0 spiro atoms. The third-order valence-electron chi connectivity index (χ3n) is 5.23. The Bertz CT molecular complexity index is 1370. The van der Waals surface area contributed by atoms with Crippen molar-refractivity contribution in [3.8, 4) is 23.1 Å². The molecule has 192 valence electrons. The summed E-state index contributed by atoms with van der Waals surface area (Å²) in [5.41, 5.74) is 3.49. The zero-order valence-electron chi connectivity index (χ0n) is 20.2. The number of hydrogen-bond acceptors (Lipinski definition) is 4. The van der Waals surface area contributed by atoms with Gasteiger partial charge in [0.2, 0.25) is 5.88 Å². The Kier molecular flexibility index (Phi) is 7.66. The average Bonchev–Trinajstić information content (AvgIpc) is 3.21. The first-order valence-electron chi connectivity index (χ1n) is 11.6. The van der Waals surface area contributed by atoms with Gasteiger partial charge in [0, 0.05) is 11.8 Å². The number of halogens is 3. The van der Waals surface area contributed by atoms with E-state index in [-0.39, 0.29) is 11.4 Å². The van der Waals surface area contributed by atoms with E-state index in [4.69, 9.17) is 4.74 Å². The van der Waals surface area contributed by atoms with E-state index in [1.165, 1.54) is 12.1 Å². The Morgan fingerprint density at radius 2 is 1.68 bits per heavy atom. The van der Waals surface area contributed by atoms with Gasteiger partial charge in [-0.15, -0.1) is 13.2 Å². The minimum atomic E-state index is -4.79. The fraction of sp³-hybridized carbons (Fsp3) is 0.185. The minimum absolute atomic E-state index is 0.284. The molecule has 1 heterocycles. The second-order valence-electron chi connectivity index (χ2n) is 8.16. The lowest BCUT2D eigenvalue weighted by atomic mass is 10.1. The predicted octanol–water partition coefficient (Wildman–Crippen LogP) is 7.47. The Labute approximate surface area is 211 Å². The van der Waals surface area contributed by atoms with Crippen molar-refractivity contribution in [1.29, 1.82) is 0 Å². The number of carbonyl (C=O) groups excluding carboxylic acids is 1. The standard InChI is InChI=1S/C27H25F3N4O3/c1-3-8-19-9-4-6-11-23(19)34-25(17-18(2)33-34)36-24-12-7-5-10-22(24)32-26(35)31-20-13-15-21(16-14-20)37-27(28,29)30/h4-7,9-17H,3,8H2,1-2H3,(H2,31,32,35). The summed E-state index contributed by atoms with van der Waals surface area (Å²) in [4.78, 5) is 12.6. The van der Waals surface area contributed by atoms with Gasteiger partial charge < -0.3 is 20.1 Å². The molecule has 4 aromatic rings. The molecule has 0 unspecified atom stereocenters. The molecule has 10 heteroatoms. The largest absolute Gasteiger partial charge is 0.573 e. The van der Waals surface area contributed by atoms with Crippen LogP contribution in [0.5, 0.6) is 17.4 Å². The van der Waals surface area contributed by atoms with Crippen molar-refractivity contribution in [3.63, 3.8) is 0 Å². The van der Waals surface area contributed by atoms with Gasteiger partial charge >= 0.3 is 12.4 Å². The Balaban J connectivity index is 1.50. The number of aromatic nitrogens is 2. The fourth-order valence-corrected chi connectivity index (χ4v) is 3.72. The molecule has 4 rings (SSSR count). The third-order valence-corrected chi connectivity index (χ3v) is 5.23. The maximum atomic E-state index is 12.6. The number of nitrogens with zero attached hydrogens (tertiary/aromatic N) is 2. The summed E-state index contributed by atoms with van der Waals surface area (Å²) in [6.45, 7) is 3.98. The molecule has 0 aliphatic carbocycles. The predicted molar refractivity (Wildman–Crippen MR) is 135 cm³/mol. The normalized spacial score (nSPS) is 11.2. The molecule has 0 fully saturated rings. The van der Waals surface area contributed by atoms with Gasteiger partial charge in [0.25, 0.3) is 0 Å². The summed E-state index contributed by atoms with van der Waals surface area (Å²) in [6, 6.07) is 20.9. The van der Waals surface area contributed by atoms with Crippen LogP contribution in [0.15, 0.2) is 78.9 Å². The summed E-state index contributed by atoms with van der Waals surface area (Å²) >= 11 is 0. The first-order chi connectivity index (χ1) is 17.7. The SMILES string of the molecule is CCCc1ccccc1-n1nc(C)cc1Oc1ccccc1NC(=O)Nc1ccc(OC(F)(F)F)cc1. The lowest BCUT2D eigenvalue weighted by Crippen LogP contribution is -2.20. The van der Waals surface area contributed by atoms with Gasteiger partial charge in [0.05, 0.1) is 17.1 Å². The number of amides is 2. The number of carbonyl (C=O) groups is 1. The van der Waals surface area contributed by atoms with Crippen molar-refractivity contribution >= 4 is 17.4 Å². The molecule has 1 aromatic heterocycles. The van der Waals surface area contributed by atoms with Crippen LogP contribution in [0.3, 0.4) is 0 Å². The monoisotopic (exact) mass is 510 g/mol. The fourth-order valence-electron chi connectivity index (χ4n) is 3.72. The van der Waals surface area contributed by atoms with Crippen LogP contribution in [0, 0.1) is 6.92 Å². The lowest BCUT2D eigenvalue weighted by Gasteiger charge is -2.15. The van der Waals surface area contributed by atoms with Crippen LogP contribution in [0.2, 0.25) is 0 Å². The van der Waals surface area contributed by atoms with E-state index in [2.05, 4.69) is 33.5 Å². The quantitative estimate of drug-likeness (QED) is 0.258. The number of benzene rings is 3. The second kappa shape index (κ2) is 11.1. The number of rotatable bonds is 8. The number of hydrogen-bond donors (Lipinski definition) is 2. The zero-order valence-corrected chi connectivity index (χ0v) is 20.2. The first-order valence-corrected chi connectivity index (χ1v) is 11.6. The van der Waals surface area contributed by atoms with Crippen molar-refractivity contribution in [1.82, 2.24) is 9.78 Å². The van der Waals surface area contributed by atoms with Gasteiger partial charge in [-0.2, -0.15) is 5.10 Å². The number of anilines is 2. The van der Waals surface area contributed by atoms with Gasteiger partial charge in [-0.1, -0.05) is 43.7 Å². The van der Waals surface area contributed by atoms with E-state index in [1.807, 2.05) is 31.2 Å². The van der Waals surface area contributed by atoms with Crippen molar-refractivity contribution in [2.45, 2.75) is 33.1 Å². The molecule has 0 bridgehead atoms. The highest BCUT2D eigenvalue weighted by molar-refractivity contribution is 6.00. The van der Waals surface area contributed by atoms with E-state index >= 15 is 0 Å². The van der Waals surface area contributed by atoms with Gasteiger partial charge in [-0.25, -0.2) is 9.48 Å². The maximum Gasteiger partial charge on any atom is 0.573 e. The van der Waals surface area contributed by atoms with Crippen LogP contribution in [0.4, 0.5) is 29.3 Å². The summed E-state index contributed by atoms with van der Waals surface area (Å²) < 4.78 is 48.8. The van der Waals surface area contributed by atoms with E-state index in [0.29, 0.717) is 17.3 Å². The molecule has 37 heavy (non-hydrogen) atoms. The summed E-state index contributed by atoms with van der Waals surface area (Å²) in [6.07, 6.45) is -2.93. The molecule has 0 saturated heterocycles. The molecule has 0 radical (unpaired) electrons. The van der Waals surface area contributed by atoms with Gasteiger partial charge in [-0.05, 0) is 61.4 Å². The van der Waals surface area contributed by atoms with Crippen molar-refractivity contribution in [3.05, 3.63) is 90.1 Å². The van der Waals surface area contributed by atoms with E-state index in [9.17, 15) is 18.0 Å². The van der Waals surface area contributed by atoms with Crippen molar-refractivity contribution < 1.29 is 27.4 Å². The highest BCUT2D eigenvalue weighted by atomic mass is 19.4. The summed E-state index contributed by atoms with van der Waals surface area (Å²) in [5.74, 6) is 0.487. The topological polar surface area (TPSA) is 77.4 Å². The minimum Gasteiger partial charge on any atom is -0.437 e. The number of urea groups is 1. The summed E-state index contributed by atoms with van der Waals surface area (Å²) in [5, 5.41) is 9.90.